The number of rotatable bonds is 6. The molecule has 0 aliphatic carbocycles. The van der Waals surface area contributed by atoms with E-state index in [1.807, 2.05) is 4.98 Å². The Morgan fingerprint density at radius 2 is 2.15 bits per heavy atom. The Morgan fingerprint density at radius 1 is 1.50 bits per heavy atom. The van der Waals surface area contributed by atoms with Crippen molar-refractivity contribution in [3.63, 3.8) is 0 Å². The van der Waals surface area contributed by atoms with Gasteiger partial charge in [0.15, 0.2) is 0 Å². The molecule has 0 aromatic carbocycles. The van der Waals surface area contributed by atoms with Crippen molar-refractivity contribution in [2.75, 3.05) is 13.2 Å². The fourth-order valence-electron chi connectivity index (χ4n) is 1.22. The Balaban J connectivity index is 2.77. The molecule has 1 aromatic rings. The largest absolute Gasteiger partial charge is 0.409 e. The van der Waals surface area contributed by atoms with Crippen molar-refractivity contribution in [3.05, 3.63) is 44.5 Å². The number of nitrogens with zero attached hydrogens (tertiary/aromatic N) is 1. The van der Waals surface area contributed by atoms with Crippen LogP contribution in [0, 0.1) is 12.8 Å². The molecule has 0 spiro atoms. The van der Waals surface area contributed by atoms with Crippen LogP contribution < -0.4 is 16.1 Å². The second-order valence-electron chi connectivity index (χ2n) is 4.07. The van der Waals surface area contributed by atoms with Gasteiger partial charge < -0.3 is 19.7 Å². The molecule has 1 rings (SSSR count). The number of aryl methyl sites for hydroxylation is 1. The summed E-state index contributed by atoms with van der Waals surface area (Å²) in [6.45, 7) is 0.862. The Bertz CT molecular complexity index is 642. The number of H-pyrrole nitrogens is 1. The second kappa shape index (κ2) is 6.67. The maximum atomic E-state index is 11.4. The van der Waals surface area contributed by atoms with Crippen LogP contribution >= 0.6 is 7.60 Å². The number of hydrogen-bond acceptors (Lipinski definition) is 5. The van der Waals surface area contributed by atoms with Gasteiger partial charge in [-0.2, -0.15) is 0 Å². The number of aliphatic hydroxyl groups is 1. The Morgan fingerprint density at radius 3 is 2.70 bits per heavy atom. The van der Waals surface area contributed by atoms with Gasteiger partial charge >= 0.3 is 13.3 Å². The molecular formula is C10H15N2O7P. The summed E-state index contributed by atoms with van der Waals surface area (Å²) in [7, 11) is -4.32. The van der Waals surface area contributed by atoms with Crippen molar-refractivity contribution >= 4 is 7.60 Å². The monoisotopic (exact) mass is 306 g/mol. The smallest absolute Gasteiger partial charge is 0.361 e. The molecule has 0 unspecified atom stereocenters. The number of aromatic amines is 1. The molecule has 10 heteroatoms. The molecule has 4 N–H and O–H groups in total. The average Bonchev–Trinajstić information content (AvgIpc) is 2.34. The van der Waals surface area contributed by atoms with E-state index < -0.39 is 31.4 Å². The van der Waals surface area contributed by atoms with Gasteiger partial charge in [0.05, 0.1) is 12.8 Å². The normalized spacial score (nSPS) is 13.6. The summed E-state index contributed by atoms with van der Waals surface area (Å²) in [6.07, 6.45) is 2.28. The summed E-state index contributed by atoms with van der Waals surface area (Å²) in [5, 5.41) is 9.04. The maximum absolute atomic E-state index is 11.4. The van der Waals surface area contributed by atoms with Gasteiger partial charge in [-0.05, 0) is 6.92 Å². The lowest BCUT2D eigenvalue weighted by molar-refractivity contribution is 0.0639. The van der Waals surface area contributed by atoms with Gasteiger partial charge in [-0.1, -0.05) is 6.08 Å². The SMILES string of the molecule is Cc1cn(OC[C@H](/C=C/P(=O)(O)O)CO)c(=O)[nH]c1=O. The zero-order chi connectivity index (χ0) is 15.3. The molecule has 9 nitrogen and oxygen atoms in total. The first-order valence-electron chi connectivity index (χ1n) is 5.54. The van der Waals surface area contributed by atoms with Gasteiger partial charge in [0, 0.05) is 17.3 Å². The molecule has 0 amide bonds. The van der Waals surface area contributed by atoms with Gasteiger partial charge in [0.2, 0.25) is 0 Å². The van der Waals surface area contributed by atoms with E-state index in [-0.39, 0.29) is 12.2 Å². The summed E-state index contributed by atoms with van der Waals surface area (Å²) in [5.41, 5.74) is -1.05. The van der Waals surface area contributed by atoms with Crippen molar-refractivity contribution < 1.29 is 24.3 Å². The zero-order valence-electron chi connectivity index (χ0n) is 10.6. The van der Waals surface area contributed by atoms with Gasteiger partial charge in [-0.15, -0.1) is 4.73 Å². The topological polar surface area (TPSA) is 142 Å². The fraction of sp³-hybridized carbons (Fsp3) is 0.400. The molecular weight excluding hydrogens is 291 g/mol. The molecule has 0 fully saturated rings. The van der Waals surface area contributed by atoms with Crippen LogP contribution in [0.2, 0.25) is 0 Å². The van der Waals surface area contributed by atoms with Crippen LogP contribution in [0.15, 0.2) is 27.7 Å². The lowest BCUT2D eigenvalue weighted by atomic mass is 10.2. The molecule has 0 bridgehead atoms. The van der Waals surface area contributed by atoms with E-state index in [4.69, 9.17) is 19.7 Å². The molecule has 20 heavy (non-hydrogen) atoms. The summed E-state index contributed by atoms with van der Waals surface area (Å²) in [6, 6.07) is 0. The van der Waals surface area contributed by atoms with Crippen molar-refractivity contribution in [3.8, 4) is 0 Å². The molecule has 0 aliphatic rings. The molecule has 0 saturated heterocycles. The van der Waals surface area contributed by atoms with E-state index in [2.05, 4.69) is 0 Å². The van der Waals surface area contributed by atoms with Crippen LogP contribution in [0.1, 0.15) is 5.56 Å². The Labute approximate surface area is 113 Å². The van der Waals surface area contributed by atoms with Crippen LogP contribution in [0.3, 0.4) is 0 Å². The van der Waals surface area contributed by atoms with E-state index in [1.54, 1.807) is 0 Å². The first-order chi connectivity index (χ1) is 9.23. The summed E-state index contributed by atoms with van der Waals surface area (Å²) in [4.78, 5) is 46.9. The van der Waals surface area contributed by atoms with Gasteiger partial charge in [0.1, 0.15) is 6.61 Å². The standard InChI is InChI=1S/C10H15N2O7P/c1-7-4-12(10(15)11-9(7)14)19-6-8(5-13)2-3-20(16,17)18/h2-4,8,13H,5-6H2,1H3,(H,11,14,15)(H2,16,17,18)/b3-2+/t8-/m1/s1. The molecule has 0 aliphatic heterocycles. The van der Waals surface area contributed by atoms with Crippen LogP contribution in [-0.2, 0) is 4.57 Å². The van der Waals surface area contributed by atoms with Crippen LogP contribution in [0.25, 0.3) is 0 Å². The van der Waals surface area contributed by atoms with E-state index >= 15 is 0 Å². The summed E-state index contributed by atoms with van der Waals surface area (Å²) < 4.78 is 11.4. The first kappa shape index (κ1) is 16.4. The highest BCUT2D eigenvalue weighted by atomic mass is 31.2. The predicted molar refractivity (Wildman–Crippen MR) is 69.3 cm³/mol. The van der Waals surface area contributed by atoms with Crippen LogP contribution in [-0.4, -0.2) is 37.8 Å². The highest BCUT2D eigenvalue weighted by Crippen LogP contribution is 2.36. The zero-order valence-corrected chi connectivity index (χ0v) is 11.5. The third kappa shape index (κ3) is 5.14. The lowest BCUT2D eigenvalue weighted by Gasteiger charge is -2.12. The van der Waals surface area contributed by atoms with Gasteiger partial charge in [-0.3, -0.25) is 14.3 Å². The Kier molecular flexibility index (Phi) is 5.46. The highest BCUT2D eigenvalue weighted by Gasteiger charge is 2.11. The van der Waals surface area contributed by atoms with Crippen LogP contribution in [0.4, 0.5) is 0 Å². The van der Waals surface area contributed by atoms with E-state index in [0.29, 0.717) is 5.82 Å². The van der Waals surface area contributed by atoms with Gasteiger partial charge in [0.25, 0.3) is 5.56 Å². The fourth-order valence-corrected chi connectivity index (χ4v) is 1.69. The number of hydrogen-bond donors (Lipinski definition) is 4. The quantitative estimate of drug-likeness (QED) is 0.472. The van der Waals surface area contributed by atoms with Crippen molar-refractivity contribution in [2.24, 2.45) is 5.92 Å². The minimum absolute atomic E-state index is 0.196. The highest BCUT2D eigenvalue weighted by molar-refractivity contribution is 7.55. The summed E-state index contributed by atoms with van der Waals surface area (Å²) in [5.74, 6) is -0.0558. The van der Waals surface area contributed by atoms with E-state index in [1.165, 1.54) is 13.1 Å². The minimum atomic E-state index is -4.32. The Hall–Kier alpha value is -1.67. The molecule has 112 valence electrons. The number of aromatic nitrogens is 2. The van der Waals surface area contributed by atoms with Gasteiger partial charge in [-0.25, -0.2) is 4.79 Å². The van der Waals surface area contributed by atoms with Crippen molar-refractivity contribution in [1.29, 1.82) is 0 Å². The van der Waals surface area contributed by atoms with Crippen molar-refractivity contribution in [1.82, 2.24) is 9.71 Å². The molecule has 1 aromatic heterocycles. The third-order valence-electron chi connectivity index (χ3n) is 2.30. The van der Waals surface area contributed by atoms with Crippen molar-refractivity contribution in [2.45, 2.75) is 6.92 Å². The average molecular weight is 306 g/mol. The summed E-state index contributed by atoms with van der Waals surface area (Å²) >= 11 is 0. The molecule has 0 radical (unpaired) electrons. The lowest BCUT2D eigenvalue weighted by Crippen LogP contribution is -2.36. The first-order valence-corrected chi connectivity index (χ1v) is 7.22. The second-order valence-corrected chi connectivity index (χ2v) is 5.54. The minimum Gasteiger partial charge on any atom is -0.409 e. The maximum Gasteiger partial charge on any atom is 0.361 e. The van der Waals surface area contributed by atoms with E-state index in [9.17, 15) is 14.2 Å². The molecule has 1 atom stereocenters. The predicted octanol–water partition coefficient (Wildman–Crippen LogP) is -1.43. The molecule has 1 heterocycles. The number of nitrogens with one attached hydrogen (secondary N) is 1. The van der Waals surface area contributed by atoms with E-state index in [0.717, 1.165) is 10.8 Å². The number of aliphatic hydroxyl groups excluding tert-OH is 1. The molecule has 0 saturated carbocycles. The third-order valence-corrected chi connectivity index (χ3v) is 2.86. The van der Waals surface area contributed by atoms with Crippen LogP contribution in [0.5, 0.6) is 0 Å².